The predicted octanol–water partition coefficient (Wildman–Crippen LogP) is 2.63. The number of hydrogen-bond acceptors (Lipinski definition) is 1. The molecule has 1 aliphatic carbocycles. The van der Waals surface area contributed by atoms with Crippen LogP contribution in [-0.4, -0.2) is 12.5 Å². The van der Waals surface area contributed by atoms with Crippen LogP contribution in [0.15, 0.2) is 18.2 Å². The first-order valence-corrected chi connectivity index (χ1v) is 6.67. The van der Waals surface area contributed by atoms with Crippen LogP contribution in [0.3, 0.4) is 0 Å². The highest BCUT2D eigenvalue weighted by Crippen LogP contribution is 2.22. The molecule has 0 aromatic heterocycles. The maximum absolute atomic E-state index is 11.7. The summed E-state index contributed by atoms with van der Waals surface area (Å²) in [6.45, 7) is 2.94. The van der Waals surface area contributed by atoms with Crippen molar-refractivity contribution in [2.24, 2.45) is 0 Å². The Morgan fingerprint density at radius 3 is 2.94 bits per heavy atom. The van der Waals surface area contributed by atoms with Gasteiger partial charge in [-0.3, -0.25) is 4.79 Å². The topological polar surface area (TPSA) is 29.1 Å². The molecule has 1 aromatic carbocycles. The highest BCUT2D eigenvalue weighted by Gasteiger charge is 2.11. The minimum Gasteiger partial charge on any atom is -0.356 e. The second-order valence-electron chi connectivity index (χ2n) is 4.84. The van der Waals surface area contributed by atoms with Crippen molar-refractivity contribution in [2.75, 3.05) is 6.54 Å². The van der Waals surface area contributed by atoms with E-state index in [0.29, 0.717) is 6.42 Å². The summed E-state index contributed by atoms with van der Waals surface area (Å²) in [6.07, 6.45) is 6.37. The van der Waals surface area contributed by atoms with Crippen LogP contribution >= 0.6 is 0 Å². The molecule has 0 saturated heterocycles. The summed E-state index contributed by atoms with van der Waals surface area (Å²) in [5.41, 5.74) is 4.07. The summed E-state index contributed by atoms with van der Waals surface area (Å²) < 4.78 is 0. The Labute approximate surface area is 103 Å². The molecule has 2 heteroatoms. The Kier molecular flexibility index (Phi) is 4.18. The molecule has 0 atom stereocenters. The minimum atomic E-state index is 0.149. The molecule has 0 heterocycles. The molecule has 1 aromatic rings. The molecule has 1 N–H and O–H groups in total. The summed E-state index contributed by atoms with van der Waals surface area (Å²) in [5, 5.41) is 2.96. The van der Waals surface area contributed by atoms with Gasteiger partial charge in [-0.25, -0.2) is 0 Å². The molecule has 92 valence electrons. The fourth-order valence-corrected chi connectivity index (χ4v) is 2.39. The Balaban J connectivity index is 1.88. The number of hydrogen-bond donors (Lipinski definition) is 1. The SMILES string of the molecule is CCCCNC(=O)Cc1ccc2c(c1)CCC2. The largest absolute Gasteiger partial charge is 0.356 e. The van der Waals surface area contributed by atoms with Gasteiger partial charge in [0, 0.05) is 6.54 Å². The van der Waals surface area contributed by atoms with Gasteiger partial charge in [-0.2, -0.15) is 0 Å². The van der Waals surface area contributed by atoms with Crippen molar-refractivity contribution < 1.29 is 4.79 Å². The van der Waals surface area contributed by atoms with Gasteiger partial charge < -0.3 is 5.32 Å². The number of unbranched alkanes of at least 4 members (excludes halogenated alkanes) is 1. The third kappa shape index (κ3) is 3.32. The number of carbonyl (C=O) groups excluding carboxylic acids is 1. The van der Waals surface area contributed by atoms with Crippen molar-refractivity contribution >= 4 is 5.91 Å². The average molecular weight is 231 g/mol. The van der Waals surface area contributed by atoms with Crippen LogP contribution < -0.4 is 5.32 Å². The molecule has 17 heavy (non-hydrogen) atoms. The van der Waals surface area contributed by atoms with Gasteiger partial charge >= 0.3 is 0 Å². The summed E-state index contributed by atoms with van der Waals surface area (Å²) in [5.74, 6) is 0.149. The number of rotatable bonds is 5. The lowest BCUT2D eigenvalue weighted by Gasteiger charge is -2.06. The normalized spacial score (nSPS) is 13.5. The van der Waals surface area contributed by atoms with Gasteiger partial charge in [-0.15, -0.1) is 0 Å². The molecule has 1 aliphatic rings. The van der Waals surface area contributed by atoms with E-state index in [4.69, 9.17) is 0 Å². The Bertz CT molecular complexity index is 398. The monoisotopic (exact) mass is 231 g/mol. The van der Waals surface area contributed by atoms with Crippen LogP contribution in [0.25, 0.3) is 0 Å². The lowest BCUT2D eigenvalue weighted by atomic mass is 10.0. The van der Waals surface area contributed by atoms with E-state index in [-0.39, 0.29) is 5.91 Å². The van der Waals surface area contributed by atoms with E-state index in [1.807, 2.05) is 0 Å². The lowest BCUT2D eigenvalue weighted by Crippen LogP contribution is -2.26. The lowest BCUT2D eigenvalue weighted by molar-refractivity contribution is -0.120. The molecule has 2 nitrogen and oxygen atoms in total. The summed E-state index contributed by atoms with van der Waals surface area (Å²) in [4.78, 5) is 11.7. The molecule has 0 fully saturated rings. The first-order chi connectivity index (χ1) is 8.29. The zero-order valence-corrected chi connectivity index (χ0v) is 10.6. The number of benzene rings is 1. The molecule has 0 unspecified atom stereocenters. The highest BCUT2D eigenvalue weighted by molar-refractivity contribution is 5.78. The van der Waals surface area contributed by atoms with E-state index < -0.39 is 0 Å². The van der Waals surface area contributed by atoms with E-state index in [0.717, 1.165) is 24.9 Å². The molecule has 0 spiro atoms. The molecule has 1 amide bonds. The number of amides is 1. The van der Waals surface area contributed by atoms with E-state index in [1.165, 1.54) is 30.4 Å². The number of carbonyl (C=O) groups is 1. The van der Waals surface area contributed by atoms with E-state index in [2.05, 4.69) is 30.4 Å². The summed E-state index contributed by atoms with van der Waals surface area (Å²) >= 11 is 0. The van der Waals surface area contributed by atoms with Gasteiger partial charge in [0.15, 0.2) is 0 Å². The zero-order valence-electron chi connectivity index (χ0n) is 10.6. The molecule has 0 bridgehead atoms. The summed E-state index contributed by atoms with van der Waals surface area (Å²) in [7, 11) is 0. The molecule has 0 radical (unpaired) electrons. The van der Waals surface area contributed by atoms with Crippen LogP contribution in [0.5, 0.6) is 0 Å². The Morgan fingerprint density at radius 2 is 2.12 bits per heavy atom. The minimum absolute atomic E-state index is 0.149. The van der Waals surface area contributed by atoms with Gasteiger partial charge in [0.05, 0.1) is 6.42 Å². The zero-order chi connectivity index (χ0) is 12.1. The van der Waals surface area contributed by atoms with Gasteiger partial charge in [0.1, 0.15) is 0 Å². The van der Waals surface area contributed by atoms with E-state index >= 15 is 0 Å². The fraction of sp³-hybridized carbons (Fsp3) is 0.533. The van der Waals surface area contributed by atoms with Crippen LogP contribution in [0.2, 0.25) is 0 Å². The van der Waals surface area contributed by atoms with Crippen molar-refractivity contribution in [3.63, 3.8) is 0 Å². The van der Waals surface area contributed by atoms with Crippen molar-refractivity contribution in [1.82, 2.24) is 5.32 Å². The first-order valence-electron chi connectivity index (χ1n) is 6.67. The first kappa shape index (κ1) is 12.2. The summed E-state index contributed by atoms with van der Waals surface area (Å²) in [6, 6.07) is 6.50. The van der Waals surface area contributed by atoms with Crippen LogP contribution in [-0.2, 0) is 24.1 Å². The van der Waals surface area contributed by atoms with Crippen molar-refractivity contribution in [3.05, 3.63) is 34.9 Å². The smallest absolute Gasteiger partial charge is 0.224 e. The molecular weight excluding hydrogens is 210 g/mol. The second kappa shape index (κ2) is 5.85. The number of fused-ring (bicyclic) bond motifs is 1. The highest BCUT2D eigenvalue weighted by atomic mass is 16.1. The third-order valence-electron chi connectivity index (χ3n) is 3.38. The van der Waals surface area contributed by atoms with E-state index in [9.17, 15) is 4.79 Å². The number of nitrogens with one attached hydrogen (secondary N) is 1. The maximum Gasteiger partial charge on any atom is 0.224 e. The van der Waals surface area contributed by atoms with Crippen LogP contribution in [0.1, 0.15) is 42.9 Å². The molecule has 2 rings (SSSR count). The standard InChI is InChI=1S/C15H21NO/c1-2-3-9-16-15(17)11-12-7-8-13-5-4-6-14(13)10-12/h7-8,10H,2-6,9,11H2,1H3,(H,16,17). The molecule has 0 saturated carbocycles. The van der Waals surface area contributed by atoms with E-state index in [1.54, 1.807) is 0 Å². The fourth-order valence-electron chi connectivity index (χ4n) is 2.39. The maximum atomic E-state index is 11.7. The second-order valence-corrected chi connectivity index (χ2v) is 4.84. The van der Waals surface area contributed by atoms with Crippen LogP contribution in [0.4, 0.5) is 0 Å². The Morgan fingerprint density at radius 1 is 1.29 bits per heavy atom. The average Bonchev–Trinajstić information content (AvgIpc) is 2.76. The third-order valence-corrected chi connectivity index (χ3v) is 3.38. The quantitative estimate of drug-likeness (QED) is 0.775. The van der Waals surface area contributed by atoms with Gasteiger partial charge in [0.2, 0.25) is 5.91 Å². The molecule has 0 aliphatic heterocycles. The van der Waals surface area contributed by atoms with Crippen LogP contribution in [0, 0.1) is 0 Å². The van der Waals surface area contributed by atoms with Gasteiger partial charge in [0.25, 0.3) is 0 Å². The van der Waals surface area contributed by atoms with Crippen molar-refractivity contribution in [1.29, 1.82) is 0 Å². The van der Waals surface area contributed by atoms with Crippen molar-refractivity contribution in [3.8, 4) is 0 Å². The van der Waals surface area contributed by atoms with Gasteiger partial charge in [-0.05, 0) is 42.4 Å². The molecular formula is C15H21NO. The predicted molar refractivity (Wildman–Crippen MR) is 70.1 cm³/mol. The Hall–Kier alpha value is -1.31. The van der Waals surface area contributed by atoms with Crippen molar-refractivity contribution in [2.45, 2.75) is 45.4 Å². The van der Waals surface area contributed by atoms with Gasteiger partial charge in [-0.1, -0.05) is 31.5 Å². The number of aryl methyl sites for hydroxylation is 2.